The molecule has 1 atom stereocenters. The zero-order valence-corrected chi connectivity index (χ0v) is 25.9. The standard InChI is InChI=1S/C29H20BrIN2O4S2/c1-3-12-37-26-18(14-19(30)16-20(26)31)15-22-27(34)33-25(21-11-8-13-38-21)23(28(35)36-4-2)24(32-29(33)39-22)17-9-6-5-7-10-17/h1,5-11,13-16,25H,4,12H2,2H3/b22-15-/t25-/m0/s1. The van der Waals surface area contributed by atoms with Gasteiger partial charge in [0.25, 0.3) is 5.56 Å². The summed E-state index contributed by atoms with van der Waals surface area (Å²) in [6.07, 6.45) is 7.21. The van der Waals surface area contributed by atoms with Crippen molar-refractivity contribution >= 4 is 78.9 Å². The first-order chi connectivity index (χ1) is 18.9. The summed E-state index contributed by atoms with van der Waals surface area (Å²) in [5.74, 6) is 2.58. The Morgan fingerprint density at radius 1 is 1.26 bits per heavy atom. The first kappa shape index (κ1) is 27.6. The van der Waals surface area contributed by atoms with Crippen LogP contribution in [0.25, 0.3) is 11.8 Å². The van der Waals surface area contributed by atoms with Gasteiger partial charge in [-0.2, -0.15) is 0 Å². The molecule has 0 saturated heterocycles. The summed E-state index contributed by atoms with van der Waals surface area (Å²) in [5.41, 5.74) is 2.04. The number of carbonyl (C=O) groups is 1. The molecule has 2 aromatic heterocycles. The van der Waals surface area contributed by atoms with Crippen LogP contribution >= 0.6 is 61.2 Å². The molecule has 0 radical (unpaired) electrons. The second-order valence-electron chi connectivity index (χ2n) is 8.25. The molecular weight excluding hydrogens is 711 g/mol. The Morgan fingerprint density at radius 2 is 2.05 bits per heavy atom. The highest BCUT2D eigenvalue weighted by molar-refractivity contribution is 14.1. The fourth-order valence-corrected chi connectivity index (χ4v) is 7.77. The summed E-state index contributed by atoms with van der Waals surface area (Å²) in [6.45, 7) is 2.06. The minimum Gasteiger partial charge on any atom is -0.479 e. The number of hydrogen-bond donors (Lipinski definition) is 0. The molecule has 3 heterocycles. The van der Waals surface area contributed by atoms with E-state index in [1.54, 1.807) is 17.6 Å². The smallest absolute Gasteiger partial charge is 0.338 e. The van der Waals surface area contributed by atoms with Crippen molar-refractivity contribution in [3.05, 3.63) is 109 Å². The van der Waals surface area contributed by atoms with Gasteiger partial charge < -0.3 is 9.47 Å². The molecule has 0 unspecified atom stereocenters. The van der Waals surface area contributed by atoms with Crippen LogP contribution in [0.4, 0.5) is 0 Å². The lowest BCUT2D eigenvalue weighted by molar-refractivity contribution is -0.138. The minimum absolute atomic E-state index is 0.0986. The number of terminal acetylenes is 1. The molecule has 1 aliphatic rings. The maximum absolute atomic E-state index is 14.0. The van der Waals surface area contributed by atoms with E-state index in [2.05, 4.69) is 44.4 Å². The molecule has 10 heteroatoms. The number of aromatic nitrogens is 1. The lowest BCUT2D eigenvalue weighted by Gasteiger charge is -2.24. The van der Waals surface area contributed by atoms with E-state index < -0.39 is 12.0 Å². The predicted molar refractivity (Wildman–Crippen MR) is 167 cm³/mol. The molecule has 39 heavy (non-hydrogen) atoms. The fraction of sp³-hybridized carbons (Fsp3) is 0.138. The molecule has 2 aromatic carbocycles. The lowest BCUT2D eigenvalue weighted by atomic mass is 9.97. The molecule has 0 spiro atoms. The van der Waals surface area contributed by atoms with Gasteiger partial charge in [0.2, 0.25) is 0 Å². The fourth-order valence-electron chi connectivity index (χ4n) is 4.25. The Hall–Kier alpha value is -2.98. The van der Waals surface area contributed by atoms with Gasteiger partial charge in [-0.15, -0.1) is 17.8 Å². The Morgan fingerprint density at radius 3 is 2.74 bits per heavy atom. The van der Waals surface area contributed by atoms with E-state index in [1.165, 1.54) is 22.7 Å². The highest BCUT2D eigenvalue weighted by Crippen LogP contribution is 2.37. The van der Waals surface area contributed by atoms with Gasteiger partial charge >= 0.3 is 5.97 Å². The summed E-state index contributed by atoms with van der Waals surface area (Å²) in [7, 11) is 0. The van der Waals surface area contributed by atoms with E-state index >= 15 is 0 Å². The van der Waals surface area contributed by atoms with Crippen LogP contribution in [0.15, 0.2) is 79.8 Å². The van der Waals surface area contributed by atoms with Crippen LogP contribution < -0.4 is 19.6 Å². The second-order valence-corrected chi connectivity index (χ2v) is 12.3. The molecule has 6 nitrogen and oxygen atoms in total. The van der Waals surface area contributed by atoms with Crippen molar-refractivity contribution in [2.45, 2.75) is 13.0 Å². The van der Waals surface area contributed by atoms with Gasteiger partial charge in [0, 0.05) is 20.5 Å². The summed E-state index contributed by atoms with van der Waals surface area (Å²) < 4.78 is 15.0. The third-order valence-corrected chi connectivity index (χ3v) is 8.98. The van der Waals surface area contributed by atoms with Gasteiger partial charge in [0.15, 0.2) is 4.80 Å². The third-order valence-electron chi connectivity index (χ3n) is 5.81. The number of thiophene rings is 1. The summed E-state index contributed by atoms with van der Waals surface area (Å²) >= 11 is 8.45. The number of carbonyl (C=O) groups excluding carboxylic acids is 1. The van der Waals surface area contributed by atoms with Crippen molar-refractivity contribution in [2.75, 3.05) is 13.2 Å². The van der Waals surface area contributed by atoms with Gasteiger partial charge in [-0.25, -0.2) is 9.79 Å². The number of rotatable bonds is 7. The van der Waals surface area contributed by atoms with Gasteiger partial charge in [-0.3, -0.25) is 9.36 Å². The van der Waals surface area contributed by atoms with Crippen LogP contribution in [0.5, 0.6) is 5.75 Å². The molecule has 5 rings (SSSR count). The number of benzene rings is 2. The van der Waals surface area contributed by atoms with E-state index in [0.717, 1.165) is 18.5 Å². The molecule has 0 bridgehead atoms. The molecule has 0 N–H and O–H groups in total. The number of esters is 1. The van der Waals surface area contributed by atoms with Crippen LogP contribution in [-0.2, 0) is 9.53 Å². The molecular formula is C29H20BrIN2O4S2. The van der Waals surface area contributed by atoms with Crippen LogP contribution in [0.3, 0.4) is 0 Å². The van der Waals surface area contributed by atoms with Crippen LogP contribution in [0.1, 0.15) is 29.0 Å². The predicted octanol–water partition coefficient (Wildman–Crippen LogP) is 5.38. The van der Waals surface area contributed by atoms with E-state index in [-0.39, 0.29) is 18.8 Å². The highest BCUT2D eigenvalue weighted by atomic mass is 127. The number of ether oxygens (including phenoxy) is 2. The number of halogens is 2. The molecule has 196 valence electrons. The Balaban J connectivity index is 1.80. The monoisotopic (exact) mass is 730 g/mol. The lowest BCUT2D eigenvalue weighted by Crippen LogP contribution is -2.39. The van der Waals surface area contributed by atoms with Crippen molar-refractivity contribution in [1.82, 2.24) is 4.57 Å². The number of fused-ring (bicyclic) bond motifs is 1. The second kappa shape index (κ2) is 12.0. The highest BCUT2D eigenvalue weighted by Gasteiger charge is 2.35. The van der Waals surface area contributed by atoms with E-state index in [9.17, 15) is 9.59 Å². The Labute approximate surface area is 254 Å². The SMILES string of the molecule is C#CCOc1c(I)cc(Br)cc1/C=c1\sc2n(c1=O)[C@@H](c1cccs1)C(C(=O)OCC)=C(c1ccccc1)N=2. The largest absolute Gasteiger partial charge is 0.479 e. The normalized spacial score (nSPS) is 14.9. The average molecular weight is 731 g/mol. The van der Waals surface area contributed by atoms with E-state index in [0.29, 0.717) is 31.9 Å². The summed E-state index contributed by atoms with van der Waals surface area (Å²) in [4.78, 5) is 33.6. The van der Waals surface area contributed by atoms with Crippen molar-refractivity contribution in [3.8, 4) is 18.1 Å². The topological polar surface area (TPSA) is 69.9 Å². The van der Waals surface area contributed by atoms with Crippen LogP contribution in [-0.4, -0.2) is 23.8 Å². The number of thiazole rings is 1. The maximum atomic E-state index is 14.0. The number of hydrogen-bond acceptors (Lipinski definition) is 7. The third kappa shape index (κ3) is 5.54. The molecule has 0 saturated carbocycles. The zero-order chi connectivity index (χ0) is 27.5. The first-order valence-electron chi connectivity index (χ1n) is 11.8. The Bertz CT molecular complexity index is 1800. The van der Waals surface area contributed by atoms with Crippen molar-refractivity contribution in [2.24, 2.45) is 4.99 Å². The summed E-state index contributed by atoms with van der Waals surface area (Å²) in [5, 5.41) is 1.93. The van der Waals surface area contributed by atoms with Crippen molar-refractivity contribution in [1.29, 1.82) is 0 Å². The molecule has 4 aromatic rings. The summed E-state index contributed by atoms with van der Waals surface area (Å²) in [6, 6.07) is 16.4. The van der Waals surface area contributed by atoms with E-state index in [4.69, 9.17) is 20.9 Å². The average Bonchev–Trinajstić information content (AvgIpc) is 3.56. The number of nitrogens with zero attached hydrogens (tertiary/aromatic N) is 2. The molecule has 0 fully saturated rings. The minimum atomic E-state index is -0.683. The molecule has 0 amide bonds. The molecule has 0 aliphatic carbocycles. The van der Waals surface area contributed by atoms with Crippen LogP contribution in [0, 0.1) is 15.9 Å². The zero-order valence-electron chi connectivity index (χ0n) is 20.5. The first-order valence-corrected chi connectivity index (χ1v) is 15.4. The van der Waals surface area contributed by atoms with Gasteiger partial charge in [0.05, 0.1) is 26.0 Å². The maximum Gasteiger partial charge on any atom is 0.338 e. The van der Waals surface area contributed by atoms with Gasteiger partial charge in [0.1, 0.15) is 18.4 Å². The molecule has 1 aliphatic heterocycles. The van der Waals surface area contributed by atoms with E-state index in [1.807, 2.05) is 60.0 Å². The van der Waals surface area contributed by atoms with Crippen molar-refractivity contribution < 1.29 is 14.3 Å². The van der Waals surface area contributed by atoms with Crippen LogP contribution in [0.2, 0.25) is 0 Å². The Kier molecular flexibility index (Phi) is 8.52. The quantitative estimate of drug-likeness (QED) is 0.146. The van der Waals surface area contributed by atoms with Crippen molar-refractivity contribution in [3.63, 3.8) is 0 Å². The van der Waals surface area contributed by atoms with Gasteiger partial charge in [-0.05, 0) is 59.2 Å². The van der Waals surface area contributed by atoms with Gasteiger partial charge in [-0.1, -0.05) is 69.6 Å².